The zero-order chi connectivity index (χ0) is 16.2. The van der Waals surface area contributed by atoms with Crippen LogP contribution in [0.1, 0.15) is 32.6 Å². The van der Waals surface area contributed by atoms with Crippen LogP contribution in [-0.4, -0.2) is 47.4 Å². The van der Waals surface area contributed by atoms with Gasteiger partial charge in [0.15, 0.2) is 5.13 Å². The lowest BCUT2D eigenvalue weighted by molar-refractivity contribution is -0.129. The van der Waals surface area contributed by atoms with Gasteiger partial charge in [-0.3, -0.25) is 14.5 Å². The molecule has 1 saturated carbocycles. The molecule has 2 heterocycles. The highest BCUT2D eigenvalue weighted by molar-refractivity contribution is 7.13. The molecule has 1 aliphatic heterocycles. The van der Waals surface area contributed by atoms with Crippen molar-refractivity contribution < 1.29 is 9.59 Å². The molecule has 1 aliphatic carbocycles. The molecule has 1 saturated heterocycles. The maximum Gasteiger partial charge on any atom is 0.243 e. The number of hydrogen-bond acceptors (Lipinski definition) is 5. The van der Waals surface area contributed by atoms with Gasteiger partial charge in [0, 0.05) is 24.7 Å². The van der Waals surface area contributed by atoms with Crippen LogP contribution < -0.4 is 10.6 Å². The summed E-state index contributed by atoms with van der Waals surface area (Å²) >= 11 is 1.41. The number of aromatic nitrogens is 1. The van der Waals surface area contributed by atoms with Crippen molar-refractivity contribution in [2.45, 2.75) is 38.6 Å². The Morgan fingerprint density at radius 3 is 2.96 bits per heavy atom. The van der Waals surface area contributed by atoms with E-state index in [9.17, 15) is 9.59 Å². The summed E-state index contributed by atoms with van der Waals surface area (Å²) in [6.07, 6.45) is 6.02. The summed E-state index contributed by atoms with van der Waals surface area (Å²) in [5, 5.41) is 8.36. The lowest BCUT2D eigenvalue weighted by Gasteiger charge is -2.35. The van der Waals surface area contributed by atoms with E-state index in [2.05, 4.69) is 20.5 Å². The van der Waals surface area contributed by atoms with Crippen LogP contribution in [0.5, 0.6) is 0 Å². The Bertz CT molecular complexity index is 544. The molecule has 2 amide bonds. The molecule has 2 fully saturated rings. The number of anilines is 1. The van der Waals surface area contributed by atoms with E-state index in [4.69, 9.17) is 0 Å². The first-order chi connectivity index (χ1) is 11.1. The third-order valence-corrected chi connectivity index (χ3v) is 5.36. The van der Waals surface area contributed by atoms with Crippen molar-refractivity contribution in [1.82, 2.24) is 15.2 Å². The number of nitrogens with zero attached hydrogens (tertiary/aromatic N) is 2. The zero-order valence-corrected chi connectivity index (χ0v) is 14.3. The van der Waals surface area contributed by atoms with E-state index in [1.165, 1.54) is 24.2 Å². The molecule has 1 aromatic heterocycles. The van der Waals surface area contributed by atoms with Crippen LogP contribution >= 0.6 is 11.3 Å². The number of piperidine rings is 1. The second-order valence-corrected chi connectivity index (χ2v) is 7.42. The van der Waals surface area contributed by atoms with Crippen LogP contribution in [-0.2, 0) is 9.59 Å². The van der Waals surface area contributed by atoms with E-state index in [1.54, 1.807) is 6.20 Å². The van der Waals surface area contributed by atoms with Crippen LogP contribution in [0.15, 0.2) is 11.6 Å². The quantitative estimate of drug-likeness (QED) is 0.829. The molecular formula is C16H24N4O2S. The van der Waals surface area contributed by atoms with Gasteiger partial charge in [-0.2, -0.15) is 0 Å². The highest BCUT2D eigenvalue weighted by Crippen LogP contribution is 2.28. The summed E-state index contributed by atoms with van der Waals surface area (Å²) in [6, 6.07) is -0.252. The predicted molar refractivity (Wildman–Crippen MR) is 90.2 cm³/mol. The van der Waals surface area contributed by atoms with E-state index in [0.717, 1.165) is 25.9 Å². The van der Waals surface area contributed by atoms with Crippen molar-refractivity contribution in [3.63, 3.8) is 0 Å². The number of likely N-dealkylation sites (tertiary alicyclic amines) is 1. The largest absolute Gasteiger partial charge is 0.356 e. The summed E-state index contributed by atoms with van der Waals surface area (Å²) in [5.41, 5.74) is 0. The molecule has 3 rings (SSSR count). The van der Waals surface area contributed by atoms with E-state index in [1.807, 2.05) is 12.3 Å². The van der Waals surface area contributed by atoms with Crippen LogP contribution in [0.25, 0.3) is 0 Å². The number of hydrogen-bond donors (Lipinski definition) is 2. The normalized spacial score (nSPS) is 23.3. The van der Waals surface area contributed by atoms with Crippen LogP contribution in [0.3, 0.4) is 0 Å². The van der Waals surface area contributed by atoms with Gasteiger partial charge in [0.05, 0.1) is 12.0 Å². The first-order valence-corrected chi connectivity index (χ1v) is 9.23. The third-order valence-electron chi connectivity index (χ3n) is 4.68. The van der Waals surface area contributed by atoms with Gasteiger partial charge in [0.1, 0.15) is 0 Å². The van der Waals surface area contributed by atoms with Crippen molar-refractivity contribution in [2.24, 2.45) is 11.8 Å². The Morgan fingerprint density at radius 2 is 2.26 bits per heavy atom. The average Bonchev–Trinajstić information content (AvgIpc) is 3.27. The number of amides is 2. The lowest BCUT2D eigenvalue weighted by Crippen LogP contribution is -2.50. The Balaban J connectivity index is 1.50. The molecule has 0 spiro atoms. The molecule has 2 N–H and O–H groups in total. The molecule has 0 aromatic carbocycles. The topological polar surface area (TPSA) is 74.3 Å². The van der Waals surface area contributed by atoms with Gasteiger partial charge >= 0.3 is 0 Å². The highest BCUT2D eigenvalue weighted by Gasteiger charge is 2.31. The minimum atomic E-state index is -0.252. The molecule has 1 aromatic rings. The number of carbonyl (C=O) groups excluding carboxylic acids is 2. The number of nitrogens with one attached hydrogen (secondary N) is 2. The van der Waals surface area contributed by atoms with Gasteiger partial charge in [-0.25, -0.2) is 4.98 Å². The summed E-state index contributed by atoms with van der Waals surface area (Å²) < 4.78 is 0. The standard InChI is InChI=1S/C16H24N4O2S/c1-11(14(21)19-16-17-6-8-23-16)20-7-2-3-13(10-20)15(22)18-9-12-4-5-12/h6,8,11-13H,2-5,7,9-10H2,1H3,(H,18,22)(H,17,19,21)/t11-,13+/m1/s1. The lowest BCUT2D eigenvalue weighted by atomic mass is 9.96. The molecule has 23 heavy (non-hydrogen) atoms. The van der Waals surface area contributed by atoms with Crippen molar-refractivity contribution in [3.8, 4) is 0 Å². The zero-order valence-electron chi connectivity index (χ0n) is 13.5. The second kappa shape index (κ2) is 7.40. The molecule has 0 radical (unpaired) electrons. The minimum absolute atomic E-state index is 0.00221. The van der Waals surface area contributed by atoms with Crippen molar-refractivity contribution in [1.29, 1.82) is 0 Å². The Hall–Kier alpha value is -1.47. The van der Waals surface area contributed by atoms with Gasteiger partial charge in [0.25, 0.3) is 0 Å². The third kappa shape index (κ3) is 4.51. The number of rotatable bonds is 6. The highest BCUT2D eigenvalue weighted by atomic mass is 32.1. The van der Waals surface area contributed by atoms with E-state index < -0.39 is 0 Å². The number of carbonyl (C=O) groups is 2. The molecule has 2 atom stereocenters. The van der Waals surface area contributed by atoms with Crippen molar-refractivity contribution in [3.05, 3.63) is 11.6 Å². The van der Waals surface area contributed by atoms with Gasteiger partial charge in [0.2, 0.25) is 11.8 Å². The summed E-state index contributed by atoms with van der Waals surface area (Å²) in [5.74, 6) is 0.785. The first-order valence-electron chi connectivity index (χ1n) is 8.35. The van der Waals surface area contributed by atoms with Crippen molar-refractivity contribution >= 4 is 28.3 Å². The fourth-order valence-corrected chi connectivity index (χ4v) is 3.48. The Morgan fingerprint density at radius 1 is 1.43 bits per heavy atom. The fourth-order valence-electron chi connectivity index (χ4n) is 2.94. The Labute approximate surface area is 140 Å². The summed E-state index contributed by atoms with van der Waals surface area (Å²) in [6.45, 7) is 4.23. The van der Waals surface area contributed by atoms with Gasteiger partial charge < -0.3 is 10.6 Å². The summed E-state index contributed by atoms with van der Waals surface area (Å²) in [7, 11) is 0. The average molecular weight is 336 g/mol. The van der Waals surface area contributed by atoms with Crippen LogP contribution in [0.2, 0.25) is 0 Å². The molecular weight excluding hydrogens is 312 g/mol. The monoisotopic (exact) mass is 336 g/mol. The maximum atomic E-state index is 12.3. The molecule has 126 valence electrons. The molecule has 2 aliphatic rings. The van der Waals surface area contributed by atoms with Crippen LogP contribution in [0.4, 0.5) is 5.13 Å². The number of thiazole rings is 1. The van der Waals surface area contributed by atoms with E-state index in [-0.39, 0.29) is 23.8 Å². The maximum absolute atomic E-state index is 12.3. The van der Waals surface area contributed by atoms with E-state index >= 15 is 0 Å². The van der Waals surface area contributed by atoms with Crippen molar-refractivity contribution in [2.75, 3.05) is 25.0 Å². The predicted octanol–water partition coefficient (Wildman–Crippen LogP) is 1.71. The van der Waals surface area contributed by atoms with Gasteiger partial charge in [-0.15, -0.1) is 11.3 Å². The second-order valence-electron chi connectivity index (χ2n) is 6.53. The fraction of sp³-hybridized carbons (Fsp3) is 0.688. The molecule has 7 heteroatoms. The minimum Gasteiger partial charge on any atom is -0.356 e. The molecule has 0 bridgehead atoms. The smallest absolute Gasteiger partial charge is 0.243 e. The molecule has 6 nitrogen and oxygen atoms in total. The van der Waals surface area contributed by atoms with Crippen LogP contribution in [0, 0.1) is 11.8 Å². The SMILES string of the molecule is C[C@H](C(=O)Nc1nccs1)N1CCC[C@H](C(=O)NCC2CC2)C1. The Kier molecular flexibility index (Phi) is 5.27. The first kappa shape index (κ1) is 16.4. The van der Waals surface area contributed by atoms with E-state index in [0.29, 0.717) is 17.6 Å². The van der Waals surface area contributed by atoms with Gasteiger partial charge in [-0.1, -0.05) is 0 Å². The van der Waals surface area contributed by atoms with Gasteiger partial charge in [-0.05, 0) is 45.1 Å². The summed E-state index contributed by atoms with van der Waals surface area (Å²) in [4.78, 5) is 30.8. The molecule has 0 unspecified atom stereocenters.